The number of benzene rings is 1. The molecule has 2 aliphatic heterocycles. The lowest BCUT2D eigenvalue weighted by atomic mass is 9.76. The maximum absolute atomic E-state index is 13.0. The van der Waals surface area contributed by atoms with E-state index in [1.807, 2.05) is 0 Å². The summed E-state index contributed by atoms with van der Waals surface area (Å²) in [7, 11) is 1.48. The molecule has 2 heterocycles. The average Bonchev–Trinajstić information content (AvgIpc) is 2.79. The minimum Gasteiger partial charge on any atom is -0.481 e. The highest BCUT2D eigenvalue weighted by Gasteiger charge is 2.55. The minimum atomic E-state index is -2.92. The van der Waals surface area contributed by atoms with Crippen LogP contribution in [0.5, 0.6) is 0 Å². The summed E-state index contributed by atoms with van der Waals surface area (Å²) >= 11 is 0. The second-order valence-electron chi connectivity index (χ2n) is 5.43. The molecule has 1 unspecified atom stereocenters. The number of aliphatic carboxylic acids is 1. The second kappa shape index (κ2) is 5.24. The highest BCUT2D eigenvalue weighted by atomic mass is 16.4. The molecular weight excluding hydrogens is 270 g/mol. The van der Waals surface area contributed by atoms with Crippen molar-refractivity contribution in [1.82, 2.24) is 4.90 Å². The summed E-state index contributed by atoms with van der Waals surface area (Å²) in [6.07, 6.45) is -2.64. The van der Waals surface area contributed by atoms with E-state index < -0.39 is 41.7 Å². The highest BCUT2D eigenvalue weighted by Crippen LogP contribution is 2.43. The number of fused-ring (bicyclic) bond motifs is 2. The number of piperidine rings is 1. The Labute approximate surface area is 127 Å². The highest BCUT2D eigenvalue weighted by molar-refractivity contribution is 5.99. The van der Waals surface area contributed by atoms with Crippen molar-refractivity contribution < 1.29 is 23.9 Å². The number of carboxylic acids is 1. The molecule has 0 aromatic heterocycles. The van der Waals surface area contributed by atoms with Gasteiger partial charge in [0.1, 0.15) is 0 Å². The molecule has 0 spiro atoms. The fraction of sp³-hybridized carbons (Fsp3) is 0.500. The molecule has 1 aromatic carbocycles. The normalized spacial score (nSPS) is 48.2. The SMILES string of the molecule is [2H]C1(C(=O)c2ccccc2)[C@]([2H])(O)[C@H](C(=O)O)[C@H]2CC[C@]1([2H])N2C. The van der Waals surface area contributed by atoms with Crippen LogP contribution in [-0.4, -0.2) is 52.1 Å². The lowest BCUT2D eigenvalue weighted by Gasteiger charge is -2.43. The van der Waals surface area contributed by atoms with E-state index >= 15 is 0 Å². The van der Waals surface area contributed by atoms with Gasteiger partial charge in [-0.3, -0.25) is 14.5 Å². The van der Waals surface area contributed by atoms with Crippen molar-refractivity contribution in [3.05, 3.63) is 35.9 Å². The Balaban J connectivity index is 2.22. The molecule has 2 bridgehead atoms. The third kappa shape index (κ3) is 2.17. The third-order valence-corrected chi connectivity index (χ3v) is 4.35. The second-order valence-corrected chi connectivity index (χ2v) is 5.43. The first kappa shape index (κ1) is 10.9. The zero-order valence-electron chi connectivity index (χ0n) is 14.6. The van der Waals surface area contributed by atoms with Gasteiger partial charge in [-0.15, -0.1) is 0 Å². The van der Waals surface area contributed by atoms with E-state index in [1.165, 1.54) is 24.1 Å². The Morgan fingerprint density at radius 3 is 2.57 bits per heavy atom. The first-order valence-electron chi connectivity index (χ1n) is 8.37. The van der Waals surface area contributed by atoms with Crippen molar-refractivity contribution in [1.29, 1.82) is 0 Å². The third-order valence-electron chi connectivity index (χ3n) is 4.35. The van der Waals surface area contributed by atoms with E-state index in [1.54, 1.807) is 18.2 Å². The zero-order valence-corrected chi connectivity index (χ0v) is 11.6. The van der Waals surface area contributed by atoms with Crippen molar-refractivity contribution >= 4 is 11.8 Å². The first-order chi connectivity index (χ1) is 11.1. The van der Waals surface area contributed by atoms with Gasteiger partial charge in [-0.05, 0) is 19.9 Å². The number of hydrogen-bond donors (Lipinski definition) is 2. The summed E-state index contributed by atoms with van der Waals surface area (Å²) in [6, 6.07) is 5.08. The number of nitrogens with zero attached hydrogens (tertiary/aromatic N) is 1. The fourth-order valence-electron chi connectivity index (χ4n) is 3.29. The Morgan fingerprint density at radius 2 is 1.95 bits per heavy atom. The van der Waals surface area contributed by atoms with E-state index in [0.717, 1.165) is 0 Å². The molecule has 2 N–H and O–H groups in total. The van der Waals surface area contributed by atoms with Gasteiger partial charge in [-0.2, -0.15) is 0 Å². The molecule has 0 aliphatic carbocycles. The number of carbonyl (C=O) groups excluding carboxylic acids is 1. The van der Waals surface area contributed by atoms with Gasteiger partial charge in [0.25, 0.3) is 0 Å². The molecule has 1 aromatic rings. The Bertz CT molecular complexity index is 698. The van der Waals surface area contributed by atoms with Crippen LogP contribution in [0.2, 0.25) is 0 Å². The number of ketones is 1. The van der Waals surface area contributed by atoms with Crippen LogP contribution in [0.25, 0.3) is 0 Å². The summed E-state index contributed by atoms with van der Waals surface area (Å²) in [6.45, 7) is 0. The zero-order chi connectivity index (χ0) is 17.9. The summed E-state index contributed by atoms with van der Waals surface area (Å²) in [4.78, 5) is 26.1. The van der Waals surface area contributed by atoms with Crippen LogP contribution in [0.15, 0.2) is 30.3 Å². The van der Waals surface area contributed by atoms with E-state index in [4.69, 9.17) is 4.11 Å². The fourth-order valence-corrected chi connectivity index (χ4v) is 3.29. The minimum absolute atomic E-state index is 0.0429. The van der Waals surface area contributed by atoms with Gasteiger partial charge < -0.3 is 10.2 Å². The predicted molar refractivity (Wildman–Crippen MR) is 76.0 cm³/mol. The van der Waals surface area contributed by atoms with E-state index in [9.17, 15) is 19.8 Å². The quantitative estimate of drug-likeness (QED) is 0.813. The maximum Gasteiger partial charge on any atom is 0.310 e. The van der Waals surface area contributed by atoms with Gasteiger partial charge >= 0.3 is 5.97 Å². The molecule has 0 radical (unpaired) electrons. The molecule has 5 nitrogen and oxygen atoms in total. The van der Waals surface area contributed by atoms with Crippen LogP contribution < -0.4 is 0 Å². The van der Waals surface area contributed by atoms with Crippen molar-refractivity contribution in [2.24, 2.45) is 11.8 Å². The average molecular weight is 292 g/mol. The predicted octanol–water partition coefficient (Wildman–Crippen LogP) is 1.02. The van der Waals surface area contributed by atoms with Crippen LogP contribution >= 0.6 is 0 Å². The van der Waals surface area contributed by atoms with Crippen molar-refractivity contribution in [3.63, 3.8) is 0 Å². The van der Waals surface area contributed by atoms with Gasteiger partial charge in [-0.1, -0.05) is 30.3 Å². The standard InChI is InChI=1S/C16H19NO4/c1-17-10-7-8-11(17)13(16(20)21)15(19)12(10)14(18)9-5-3-2-4-6-9/h2-6,10-13,15,19H,7-8H2,1H3,(H,20,21)/t10-,11+,12?,13+,15-/m0/s1/i10D,12D,15D. The largest absolute Gasteiger partial charge is 0.481 e. The number of rotatable bonds is 3. The molecule has 0 amide bonds. The number of hydrogen-bond acceptors (Lipinski definition) is 4. The van der Waals surface area contributed by atoms with Crippen molar-refractivity contribution in [2.75, 3.05) is 7.05 Å². The topological polar surface area (TPSA) is 77.8 Å². The van der Waals surface area contributed by atoms with Crippen LogP contribution in [0.1, 0.15) is 27.3 Å². The van der Waals surface area contributed by atoms with E-state index in [2.05, 4.69) is 0 Å². The molecule has 2 saturated heterocycles. The summed E-state index contributed by atoms with van der Waals surface area (Å²) in [5.41, 5.74) is 0.0766. The Hall–Kier alpha value is -1.72. The summed E-state index contributed by atoms with van der Waals surface area (Å²) < 4.78 is 25.7. The molecule has 2 aliphatic rings. The molecule has 5 atom stereocenters. The Morgan fingerprint density at radius 1 is 1.29 bits per heavy atom. The van der Waals surface area contributed by atoms with Crippen molar-refractivity contribution in [3.8, 4) is 0 Å². The van der Waals surface area contributed by atoms with E-state index in [-0.39, 0.29) is 18.4 Å². The molecule has 2 fully saturated rings. The molecule has 5 heteroatoms. The maximum atomic E-state index is 13.0. The first-order valence-corrected chi connectivity index (χ1v) is 6.87. The summed E-state index contributed by atoms with van der Waals surface area (Å²) in [5, 5.41) is 20.3. The molecule has 0 saturated carbocycles. The number of carbonyl (C=O) groups is 2. The number of aliphatic hydroxyl groups is 1. The van der Waals surface area contributed by atoms with Gasteiger partial charge in [0.05, 0.1) is 19.3 Å². The van der Waals surface area contributed by atoms with E-state index in [0.29, 0.717) is 0 Å². The monoisotopic (exact) mass is 292 g/mol. The van der Waals surface area contributed by atoms with Crippen molar-refractivity contribution in [2.45, 2.75) is 31.0 Å². The van der Waals surface area contributed by atoms with Crippen LogP contribution in [0.3, 0.4) is 0 Å². The van der Waals surface area contributed by atoms with Gasteiger partial charge in [0.2, 0.25) is 0 Å². The van der Waals surface area contributed by atoms with Crippen LogP contribution in [0.4, 0.5) is 0 Å². The van der Waals surface area contributed by atoms with Gasteiger partial charge in [0.15, 0.2) is 5.78 Å². The van der Waals surface area contributed by atoms with Crippen LogP contribution in [-0.2, 0) is 4.79 Å². The summed E-state index contributed by atoms with van der Waals surface area (Å²) in [5.74, 6) is -6.64. The van der Waals surface area contributed by atoms with Crippen LogP contribution in [0, 0.1) is 11.8 Å². The Kier molecular flexibility index (Phi) is 2.73. The molecule has 21 heavy (non-hydrogen) atoms. The van der Waals surface area contributed by atoms with Gasteiger partial charge in [-0.25, -0.2) is 0 Å². The number of carboxylic acid groups (broad SMARTS) is 1. The lowest BCUT2D eigenvalue weighted by Crippen LogP contribution is -2.59. The van der Waals surface area contributed by atoms with Gasteiger partial charge in [0, 0.05) is 20.4 Å². The molecular formula is C16H19NO4. The number of Topliss-reactive ketones (excluding diaryl/α,β-unsaturated/α-hetero) is 1. The molecule has 3 rings (SSSR count). The molecule has 112 valence electrons. The smallest absolute Gasteiger partial charge is 0.310 e. The lowest BCUT2D eigenvalue weighted by molar-refractivity contribution is -0.154.